The maximum atomic E-state index is 11.3. The SMILES string of the molecule is CC(=O)NC[C@H]1[C@H]2CN(Cc3nc(-c4ccccc4)no3)C[C@]23CC[C@H]1O3. The van der Waals surface area contributed by atoms with Crippen molar-refractivity contribution in [1.29, 1.82) is 0 Å². The molecule has 0 unspecified atom stereocenters. The van der Waals surface area contributed by atoms with E-state index in [1.807, 2.05) is 30.3 Å². The molecule has 0 aliphatic carbocycles. The minimum atomic E-state index is -0.0594. The second kappa shape index (κ2) is 6.42. The molecule has 0 radical (unpaired) electrons. The van der Waals surface area contributed by atoms with E-state index < -0.39 is 0 Å². The van der Waals surface area contributed by atoms with Crippen LogP contribution in [-0.4, -0.2) is 52.3 Å². The Bertz CT molecular complexity index is 839. The van der Waals surface area contributed by atoms with Crippen LogP contribution in [0.15, 0.2) is 34.9 Å². The number of hydrogen-bond acceptors (Lipinski definition) is 6. The predicted octanol–water partition coefficient (Wildman–Crippen LogP) is 1.85. The van der Waals surface area contributed by atoms with Gasteiger partial charge in [0.05, 0.1) is 18.2 Å². The van der Waals surface area contributed by atoms with Crippen LogP contribution in [0.4, 0.5) is 0 Å². The Hall–Kier alpha value is -2.25. The second-order valence-corrected chi connectivity index (χ2v) is 8.01. The Morgan fingerprint density at radius 3 is 3.04 bits per heavy atom. The fraction of sp³-hybridized carbons (Fsp3) is 0.550. The second-order valence-electron chi connectivity index (χ2n) is 8.01. The molecule has 3 aliphatic rings. The van der Waals surface area contributed by atoms with Crippen molar-refractivity contribution in [3.05, 3.63) is 36.2 Å². The average Bonchev–Trinajstić information content (AvgIpc) is 3.41. The van der Waals surface area contributed by atoms with E-state index in [2.05, 4.69) is 20.4 Å². The van der Waals surface area contributed by atoms with E-state index >= 15 is 0 Å². The summed E-state index contributed by atoms with van der Waals surface area (Å²) in [6.45, 7) is 4.76. The number of rotatable bonds is 5. The maximum absolute atomic E-state index is 11.3. The first-order chi connectivity index (χ1) is 13.1. The fourth-order valence-electron chi connectivity index (χ4n) is 5.16. The summed E-state index contributed by atoms with van der Waals surface area (Å²) in [4.78, 5) is 18.2. The summed E-state index contributed by atoms with van der Waals surface area (Å²) < 4.78 is 11.9. The van der Waals surface area contributed by atoms with Crippen LogP contribution < -0.4 is 5.32 Å². The van der Waals surface area contributed by atoms with Gasteiger partial charge in [0.1, 0.15) is 0 Å². The van der Waals surface area contributed by atoms with Crippen molar-refractivity contribution < 1.29 is 14.1 Å². The van der Waals surface area contributed by atoms with Crippen molar-refractivity contribution >= 4 is 5.91 Å². The Kier molecular flexibility index (Phi) is 4.02. The predicted molar refractivity (Wildman–Crippen MR) is 97.5 cm³/mol. The van der Waals surface area contributed by atoms with Gasteiger partial charge < -0.3 is 14.6 Å². The van der Waals surface area contributed by atoms with Gasteiger partial charge in [-0.1, -0.05) is 35.5 Å². The summed E-state index contributed by atoms with van der Waals surface area (Å²) in [5, 5.41) is 7.11. The van der Waals surface area contributed by atoms with Gasteiger partial charge in [0.2, 0.25) is 17.6 Å². The molecule has 1 aromatic carbocycles. The van der Waals surface area contributed by atoms with Crippen molar-refractivity contribution in [2.45, 2.75) is 38.0 Å². The third kappa shape index (κ3) is 2.95. The summed E-state index contributed by atoms with van der Waals surface area (Å²) >= 11 is 0. The molecule has 3 saturated heterocycles. The number of benzene rings is 1. The van der Waals surface area contributed by atoms with Crippen LogP contribution in [0.1, 0.15) is 25.7 Å². The lowest BCUT2D eigenvalue weighted by Gasteiger charge is -2.29. The molecular weight excluding hydrogens is 344 g/mol. The molecule has 4 atom stereocenters. The monoisotopic (exact) mass is 368 g/mol. The van der Waals surface area contributed by atoms with Crippen molar-refractivity contribution in [3.63, 3.8) is 0 Å². The zero-order valence-electron chi connectivity index (χ0n) is 15.4. The smallest absolute Gasteiger partial charge is 0.241 e. The lowest BCUT2D eigenvalue weighted by atomic mass is 9.73. The Balaban J connectivity index is 1.27. The number of carbonyl (C=O) groups excluding carboxylic acids is 1. The molecule has 27 heavy (non-hydrogen) atoms. The molecule has 3 fully saturated rings. The summed E-state index contributed by atoms with van der Waals surface area (Å²) in [6.07, 6.45) is 2.49. The van der Waals surface area contributed by atoms with Crippen molar-refractivity contribution in [3.8, 4) is 11.4 Å². The molecule has 2 bridgehead atoms. The lowest BCUT2D eigenvalue weighted by molar-refractivity contribution is -0.119. The number of nitrogens with zero attached hydrogens (tertiary/aromatic N) is 3. The lowest BCUT2D eigenvalue weighted by Crippen LogP contribution is -2.41. The molecule has 1 aromatic heterocycles. The molecule has 2 aromatic rings. The van der Waals surface area contributed by atoms with Gasteiger partial charge in [-0.3, -0.25) is 9.69 Å². The molecule has 7 heteroatoms. The topological polar surface area (TPSA) is 80.5 Å². The minimum absolute atomic E-state index is 0.0287. The number of carbonyl (C=O) groups is 1. The number of amides is 1. The normalized spacial score (nSPS) is 32.0. The van der Waals surface area contributed by atoms with Crippen LogP contribution in [0.3, 0.4) is 0 Å². The summed E-state index contributed by atoms with van der Waals surface area (Å²) in [7, 11) is 0. The van der Waals surface area contributed by atoms with Gasteiger partial charge in [0, 0.05) is 44.0 Å². The molecule has 4 heterocycles. The zero-order valence-corrected chi connectivity index (χ0v) is 15.4. The molecule has 1 amide bonds. The van der Waals surface area contributed by atoms with E-state index in [-0.39, 0.29) is 17.6 Å². The van der Waals surface area contributed by atoms with Gasteiger partial charge >= 0.3 is 0 Å². The van der Waals surface area contributed by atoms with Crippen molar-refractivity contribution in [2.24, 2.45) is 11.8 Å². The number of fused-ring (bicyclic) bond motifs is 1. The number of nitrogens with one attached hydrogen (secondary N) is 1. The average molecular weight is 368 g/mol. The van der Waals surface area contributed by atoms with Gasteiger partial charge in [0.15, 0.2) is 0 Å². The van der Waals surface area contributed by atoms with Crippen molar-refractivity contribution in [2.75, 3.05) is 19.6 Å². The third-order valence-electron chi connectivity index (χ3n) is 6.30. The fourth-order valence-corrected chi connectivity index (χ4v) is 5.16. The largest absolute Gasteiger partial charge is 0.370 e. The molecule has 3 aliphatic heterocycles. The highest BCUT2D eigenvalue weighted by Gasteiger charge is 2.62. The highest BCUT2D eigenvalue weighted by molar-refractivity contribution is 5.72. The van der Waals surface area contributed by atoms with E-state index in [0.29, 0.717) is 36.6 Å². The van der Waals surface area contributed by atoms with Crippen LogP contribution in [0, 0.1) is 11.8 Å². The van der Waals surface area contributed by atoms with E-state index in [4.69, 9.17) is 9.26 Å². The Morgan fingerprint density at radius 1 is 1.37 bits per heavy atom. The van der Waals surface area contributed by atoms with Crippen LogP contribution in [0.2, 0.25) is 0 Å². The van der Waals surface area contributed by atoms with Crippen LogP contribution in [0.5, 0.6) is 0 Å². The molecule has 142 valence electrons. The van der Waals surface area contributed by atoms with Gasteiger partial charge in [0.25, 0.3) is 0 Å². The quantitative estimate of drug-likeness (QED) is 0.868. The van der Waals surface area contributed by atoms with E-state index in [1.54, 1.807) is 6.92 Å². The van der Waals surface area contributed by atoms with Crippen LogP contribution in [0.25, 0.3) is 11.4 Å². The standard InChI is InChI=1S/C20H24N4O3/c1-13(25)21-9-15-16-10-24(12-20(16)8-7-17(15)26-20)11-18-22-19(23-27-18)14-5-3-2-4-6-14/h2-6,15-17H,7-12H2,1H3,(H,21,25)/t15-,16+,17+,20+/m0/s1. The van der Waals surface area contributed by atoms with E-state index in [1.165, 1.54) is 0 Å². The van der Waals surface area contributed by atoms with Gasteiger partial charge in [-0.15, -0.1) is 0 Å². The maximum Gasteiger partial charge on any atom is 0.241 e. The molecular formula is C20H24N4O3. The summed E-state index contributed by atoms with van der Waals surface area (Å²) in [6, 6.07) is 9.86. The number of aromatic nitrogens is 2. The highest BCUT2D eigenvalue weighted by Crippen LogP contribution is 2.54. The number of ether oxygens (including phenoxy) is 1. The first kappa shape index (κ1) is 16.9. The molecule has 5 rings (SSSR count). The van der Waals surface area contributed by atoms with Gasteiger partial charge in [-0.25, -0.2) is 0 Å². The minimum Gasteiger partial charge on any atom is -0.370 e. The first-order valence-electron chi connectivity index (χ1n) is 9.66. The van der Waals surface area contributed by atoms with Gasteiger partial charge in [-0.05, 0) is 12.8 Å². The van der Waals surface area contributed by atoms with Crippen LogP contribution in [-0.2, 0) is 16.1 Å². The van der Waals surface area contributed by atoms with Crippen molar-refractivity contribution in [1.82, 2.24) is 20.4 Å². The molecule has 1 spiro atoms. The molecule has 7 nitrogen and oxygen atoms in total. The van der Waals surface area contributed by atoms with Crippen LogP contribution >= 0.6 is 0 Å². The van der Waals surface area contributed by atoms with E-state index in [9.17, 15) is 4.79 Å². The molecule has 1 N–H and O–H groups in total. The number of likely N-dealkylation sites (tertiary alicyclic amines) is 1. The summed E-state index contributed by atoms with van der Waals surface area (Å²) in [5.41, 5.74) is 0.900. The number of hydrogen-bond donors (Lipinski definition) is 1. The van der Waals surface area contributed by atoms with E-state index in [0.717, 1.165) is 31.5 Å². The highest BCUT2D eigenvalue weighted by atomic mass is 16.5. The first-order valence-corrected chi connectivity index (χ1v) is 9.66. The van der Waals surface area contributed by atoms with Gasteiger partial charge in [-0.2, -0.15) is 4.98 Å². The molecule has 0 saturated carbocycles. The zero-order chi connectivity index (χ0) is 18.4. The Labute approximate surface area is 158 Å². The summed E-state index contributed by atoms with van der Waals surface area (Å²) in [5.74, 6) is 2.15. The Morgan fingerprint density at radius 2 is 2.22 bits per heavy atom. The third-order valence-corrected chi connectivity index (χ3v) is 6.30.